The molecule has 1 aliphatic rings. The molecule has 0 spiro atoms. The van der Waals surface area contributed by atoms with Crippen LogP contribution in [-0.2, 0) is 0 Å². The lowest BCUT2D eigenvalue weighted by Crippen LogP contribution is -2.10. The fraction of sp³-hybridized carbons (Fsp3) is 0.833. The van der Waals surface area contributed by atoms with E-state index in [1.54, 1.807) is 0 Å². The molecular weight excluding hydrogens is 220 g/mol. The SMILES string of the molecule is CCCOc1nsc(C2CCC(C)CC2)n1. The highest BCUT2D eigenvalue weighted by molar-refractivity contribution is 7.05. The summed E-state index contributed by atoms with van der Waals surface area (Å²) in [7, 11) is 0. The lowest BCUT2D eigenvalue weighted by Gasteiger charge is -2.23. The van der Waals surface area contributed by atoms with Gasteiger partial charge in [-0.05, 0) is 36.7 Å². The van der Waals surface area contributed by atoms with Crippen molar-refractivity contribution in [3.63, 3.8) is 0 Å². The molecule has 90 valence electrons. The number of aromatic nitrogens is 2. The van der Waals surface area contributed by atoms with Gasteiger partial charge in [-0.3, -0.25) is 0 Å². The molecule has 0 atom stereocenters. The molecule has 1 aromatic rings. The van der Waals surface area contributed by atoms with E-state index in [1.807, 2.05) is 0 Å². The van der Waals surface area contributed by atoms with Crippen molar-refractivity contribution in [2.24, 2.45) is 5.92 Å². The van der Waals surface area contributed by atoms with Crippen LogP contribution in [0.1, 0.15) is 56.9 Å². The molecule has 0 unspecified atom stereocenters. The van der Waals surface area contributed by atoms with Gasteiger partial charge in [0.05, 0.1) is 6.61 Å². The van der Waals surface area contributed by atoms with Crippen molar-refractivity contribution < 1.29 is 4.74 Å². The monoisotopic (exact) mass is 240 g/mol. The van der Waals surface area contributed by atoms with Gasteiger partial charge >= 0.3 is 6.01 Å². The third-order valence-electron chi connectivity index (χ3n) is 3.22. The second kappa shape index (κ2) is 5.62. The molecule has 0 amide bonds. The third-order valence-corrected chi connectivity index (χ3v) is 4.08. The topological polar surface area (TPSA) is 35.0 Å². The molecule has 0 saturated heterocycles. The van der Waals surface area contributed by atoms with Gasteiger partial charge in [-0.15, -0.1) is 4.37 Å². The van der Waals surface area contributed by atoms with E-state index in [4.69, 9.17) is 4.74 Å². The highest BCUT2D eigenvalue weighted by Gasteiger charge is 2.23. The Morgan fingerprint density at radius 3 is 2.75 bits per heavy atom. The van der Waals surface area contributed by atoms with Gasteiger partial charge in [0, 0.05) is 5.92 Å². The first-order chi connectivity index (χ1) is 7.79. The molecule has 4 heteroatoms. The van der Waals surface area contributed by atoms with E-state index in [0.29, 0.717) is 11.9 Å². The molecule has 0 aromatic carbocycles. The molecule has 1 fully saturated rings. The van der Waals surface area contributed by atoms with Crippen LogP contribution in [0.4, 0.5) is 0 Å². The Kier molecular flexibility index (Phi) is 4.16. The Labute approximate surface area is 101 Å². The van der Waals surface area contributed by atoms with Crippen LogP contribution >= 0.6 is 11.5 Å². The average Bonchev–Trinajstić information content (AvgIpc) is 2.76. The van der Waals surface area contributed by atoms with Crippen LogP contribution < -0.4 is 4.74 Å². The van der Waals surface area contributed by atoms with Crippen LogP contribution in [0.15, 0.2) is 0 Å². The molecule has 1 aromatic heterocycles. The van der Waals surface area contributed by atoms with Crippen molar-refractivity contribution in [3.8, 4) is 6.01 Å². The Morgan fingerprint density at radius 1 is 1.31 bits per heavy atom. The highest BCUT2D eigenvalue weighted by atomic mass is 32.1. The van der Waals surface area contributed by atoms with E-state index in [0.717, 1.165) is 18.9 Å². The molecule has 0 N–H and O–H groups in total. The van der Waals surface area contributed by atoms with E-state index in [9.17, 15) is 0 Å². The summed E-state index contributed by atoms with van der Waals surface area (Å²) in [5, 5.41) is 1.18. The smallest absolute Gasteiger partial charge is 0.328 e. The van der Waals surface area contributed by atoms with Gasteiger partial charge < -0.3 is 4.74 Å². The van der Waals surface area contributed by atoms with Gasteiger partial charge in [0.25, 0.3) is 0 Å². The Balaban J connectivity index is 1.91. The van der Waals surface area contributed by atoms with Crippen molar-refractivity contribution in [3.05, 3.63) is 5.01 Å². The van der Waals surface area contributed by atoms with Crippen molar-refractivity contribution in [1.82, 2.24) is 9.36 Å². The van der Waals surface area contributed by atoms with Crippen molar-refractivity contribution in [1.29, 1.82) is 0 Å². The van der Waals surface area contributed by atoms with Gasteiger partial charge in [-0.1, -0.05) is 26.7 Å². The summed E-state index contributed by atoms with van der Waals surface area (Å²) in [6.45, 7) is 5.15. The fourth-order valence-electron chi connectivity index (χ4n) is 2.15. The van der Waals surface area contributed by atoms with Crippen molar-refractivity contribution in [2.75, 3.05) is 6.61 Å². The van der Waals surface area contributed by atoms with E-state index in [1.165, 1.54) is 42.2 Å². The van der Waals surface area contributed by atoms with Crippen LogP contribution in [0.25, 0.3) is 0 Å². The lowest BCUT2D eigenvalue weighted by atomic mass is 9.83. The average molecular weight is 240 g/mol. The molecule has 1 heterocycles. The molecule has 2 rings (SSSR count). The molecule has 0 bridgehead atoms. The molecule has 0 aliphatic heterocycles. The van der Waals surface area contributed by atoms with E-state index < -0.39 is 0 Å². The summed E-state index contributed by atoms with van der Waals surface area (Å²) in [4.78, 5) is 4.48. The summed E-state index contributed by atoms with van der Waals surface area (Å²) < 4.78 is 9.69. The van der Waals surface area contributed by atoms with E-state index >= 15 is 0 Å². The summed E-state index contributed by atoms with van der Waals surface area (Å²) in [6, 6.07) is 0.584. The maximum absolute atomic E-state index is 5.44. The normalized spacial score (nSPS) is 25.6. The summed E-state index contributed by atoms with van der Waals surface area (Å²) in [6.07, 6.45) is 6.20. The van der Waals surface area contributed by atoms with Gasteiger partial charge in [-0.2, -0.15) is 4.98 Å². The van der Waals surface area contributed by atoms with E-state index in [-0.39, 0.29) is 0 Å². The second-order valence-electron chi connectivity index (χ2n) is 4.72. The zero-order chi connectivity index (χ0) is 11.4. The van der Waals surface area contributed by atoms with Crippen molar-refractivity contribution in [2.45, 2.75) is 51.9 Å². The molecule has 1 aliphatic carbocycles. The van der Waals surface area contributed by atoms with E-state index in [2.05, 4.69) is 23.2 Å². The van der Waals surface area contributed by atoms with Crippen LogP contribution in [-0.4, -0.2) is 16.0 Å². The predicted molar refractivity (Wildman–Crippen MR) is 66.1 cm³/mol. The summed E-state index contributed by atoms with van der Waals surface area (Å²) in [5.41, 5.74) is 0. The van der Waals surface area contributed by atoms with Crippen LogP contribution in [0.5, 0.6) is 6.01 Å². The Hall–Kier alpha value is -0.640. The van der Waals surface area contributed by atoms with Gasteiger partial charge in [0.1, 0.15) is 5.01 Å². The second-order valence-corrected chi connectivity index (χ2v) is 5.50. The Morgan fingerprint density at radius 2 is 2.06 bits per heavy atom. The molecule has 0 radical (unpaired) electrons. The molecular formula is C12H20N2OS. The van der Waals surface area contributed by atoms with Gasteiger partial charge in [0.15, 0.2) is 0 Å². The largest absolute Gasteiger partial charge is 0.463 e. The van der Waals surface area contributed by atoms with Crippen LogP contribution in [0.3, 0.4) is 0 Å². The quantitative estimate of drug-likeness (QED) is 0.806. The maximum atomic E-state index is 5.44. The molecule has 1 saturated carbocycles. The number of hydrogen-bond donors (Lipinski definition) is 0. The minimum Gasteiger partial charge on any atom is -0.463 e. The fourth-order valence-corrected chi connectivity index (χ4v) is 2.91. The first kappa shape index (κ1) is 11.8. The maximum Gasteiger partial charge on any atom is 0.328 e. The zero-order valence-corrected chi connectivity index (χ0v) is 10.9. The molecule has 16 heavy (non-hydrogen) atoms. The van der Waals surface area contributed by atoms with Gasteiger partial charge in [-0.25, -0.2) is 0 Å². The number of hydrogen-bond acceptors (Lipinski definition) is 4. The minimum absolute atomic E-state index is 0.584. The lowest BCUT2D eigenvalue weighted by molar-refractivity contribution is 0.293. The Bertz CT molecular complexity index is 319. The first-order valence-corrected chi connectivity index (χ1v) is 7.03. The third kappa shape index (κ3) is 2.94. The minimum atomic E-state index is 0.584. The van der Waals surface area contributed by atoms with Crippen LogP contribution in [0, 0.1) is 5.92 Å². The molecule has 3 nitrogen and oxygen atoms in total. The zero-order valence-electron chi connectivity index (χ0n) is 10.1. The first-order valence-electron chi connectivity index (χ1n) is 6.26. The summed E-state index contributed by atoms with van der Waals surface area (Å²) in [5.74, 6) is 1.52. The predicted octanol–water partition coefficient (Wildman–Crippen LogP) is 3.62. The summed E-state index contributed by atoms with van der Waals surface area (Å²) >= 11 is 1.52. The number of nitrogens with zero attached hydrogens (tertiary/aromatic N) is 2. The van der Waals surface area contributed by atoms with Crippen molar-refractivity contribution >= 4 is 11.5 Å². The standard InChI is InChI=1S/C12H20N2OS/c1-3-8-15-12-13-11(16-14-12)10-6-4-9(2)5-7-10/h9-10H,3-8H2,1-2H3. The number of ether oxygens (including phenoxy) is 1. The van der Waals surface area contributed by atoms with Gasteiger partial charge in [0.2, 0.25) is 0 Å². The van der Waals surface area contributed by atoms with Crippen LogP contribution in [0.2, 0.25) is 0 Å². The highest BCUT2D eigenvalue weighted by Crippen LogP contribution is 2.36. The number of rotatable bonds is 4.